The summed E-state index contributed by atoms with van der Waals surface area (Å²) >= 11 is 0. The molecule has 1 aliphatic rings. The highest BCUT2D eigenvalue weighted by atomic mass is 31.2. The third-order valence-electron chi connectivity index (χ3n) is 9.48. The molecule has 0 radical (unpaired) electrons. The molecule has 1 aliphatic carbocycles. The number of ether oxygens (including phenoxy) is 2. The Morgan fingerprint density at radius 2 is 0.983 bits per heavy atom. The molecule has 0 heterocycles. The van der Waals surface area contributed by atoms with Gasteiger partial charge in [0.15, 0.2) is 6.10 Å². The Labute approximate surface area is 358 Å². The average Bonchev–Trinajstić information content (AvgIpc) is 3.23. The Morgan fingerprint density at radius 3 is 1.52 bits per heavy atom. The summed E-state index contributed by atoms with van der Waals surface area (Å²) in [5.74, 6) is -1.22. The number of aliphatic hydroxyl groups is 5. The van der Waals surface area contributed by atoms with E-state index in [1.54, 1.807) is 0 Å². The molecular weight excluding hydrogens is 791 g/mol. The normalized spacial score (nSPS) is 23.0. The Bertz CT molecular complexity index is 1370. The Kier molecular flexibility index (Phi) is 32.7. The minimum Gasteiger partial charge on any atom is -0.462 e. The molecule has 8 atom stereocenters. The van der Waals surface area contributed by atoms with Crippen LogP contribution in [-0.2, 0) is 32.7 Å². The second-order valence-electron chi connectivity index (χ2n) is 14.8. The maximum Gasteiger partial charge on any atom is 0.472 e. The van der Waals surface area contributed by atoms with Crippen molar-refractivity contribution in [2.45, 2.75) is 179 Å². The van der Waals surface area contributed by atoms with Gasteiger partial charge in [0.05, 0.1) is 6.61 Å². The van der Waals surface area contributed by atoms with Crippen LogP contribution in [0.5, 0.6) is 0 Å². The van der Waals surface area contributed by atoms with Crippen LogP contribution in [0.4, 0.5) is 0 Å². The van der Waals surface area contributed by atoms with Crippen LogP contribution in [0.1, 0.15) is 136 Å². The van der Waals surface area contributed by atoms with Crippen molar-refractivity contribution in [2.75, 3.05) is 13.2 Å². The minimum atomic E-state index is -5.14. The molecule has 0 spiro atoms. The summed E-state index contributed by atoms with van der Waals surface area (Å²) in [6, 6.07) is 0. The van der Waals surface area contributed by atoms with Gasteiger partial charge in [0.2, 0.25) is 0 Å². The van der Waals surface area contributed by atoms with Gasteiger partial charge in [-0.05, 0) is 77.0 Å². The smallest absolute Gasteiger partial charge is 0.462 e. The lowest BCUT2D eigenvalue weighted by molar-refractivity contribution is -0.220. The van der Waals surface area contributed by atoms with Gasteiger partial charge < -0.3 is 39.9 Å². The van der Waals surface area contributed by atoms with Crippen LogP contribution in [-0.4, -0.2) is 98.3 Å². The fraction of sp³-hybridized carbons (Fsp3) is 0.652. The number of aliphatic hydroxyl groups excluding tert-OH is 5. The van der Waals surface area contributed by atoms with Gasteiger partial charge in [-0.25, -0.2) is 4.57 Å². The molecule has 1 rings (SSSR count). The first-order valence-corrected chi connectivity index (χ1v) is 23.4. The zero-order valence-corrected chi connectivity index (χ0v) is 36.9. The molecule has 14 heteroatoms. The van der Waals surface area contributed by atoms with Crippen molar-refractivity contribution in [3.05, 3.63) is 85.1 Å². The predicted molar refractivity (Wildman–Crippen MR) is 235 cm³/mol. The standard InChI is InChI=1S/C46H75O13P/c1-3-5-7-9-11-13-15-17-18-19-20-21-22-23-25-26-28-30-32-34-39(47)56-36-38(58-40(48)35-33-31-29-27-24-16-14-12-10-8-6-4-2)37-57-60(54,55)59-46-44(52)42(50)41(49)43(51)45(46)53/h5,7,11-14,17-18,20-21,23,25,28,30,38,41-46,49-53H,3-4,6,8-10,15-16,19,22,24,26-27,29,31-37H2,1-2H3,(H,54,55)/b7-5+,13-11+,14-12+,18-17+,21-20+,25-23+,30-28+/t38-,41?,42-,43?,44?,45?,46?/m0/s1. The number of hydrogen-bond acceptors (Lipinski definition) is 12. The van der Waals surface area contributed by atoms with Crippen molar-refractivity contribution < 1.29 is 63.1 Å². The molecule has 0 bridgehead atoms. The first-order chi connectivity index (χ1) is 28.9. The van der Waals surface area contributed by atoms with E-state index in [4.69, 9.17) is 18.5 Å². The van der Waals surface area contributed by atoms with Crippen LogP contribution in [0.3, 0.4) is 0 Å². The van der Waals surface area contributed by atoms with Crippen molar-refractivity contribution in [3.8, 4) is 0 Å². The van der Waals surface area contributed by atoms with E-state index in [-0.39, 0.29) is 12.8 Å². The van der Waals surface area contributed by atoms with Gasteiger partial charge >= 0.3 is 19.8 Å². The van der Waals surface area contributed by atoms with Gasteiger partial charge in [-0.2, -0.15) is 0 Å². The second-order valence-corrected chi connectivity index (χ2v) is 16.2. The quantitative estimate of drug-likeness (QED) is 0.0157. The number of allylic oxidation sites excluding steroid dienone is 14. The summed E-state index contributed by atoms with van der Waals surface area (Å²) < 4.78 is 33.3. The number of phosphoric acid groups is 1. The van der Waals surface area contributed by atoms with Crippen LogP contribution < -0.4 is 0 Å². The van der Waals surface area contributed by atoms with Crippen molar-refractivity contribution in [1.82, 2.24) is 0 Å². The number of carbonyl (C=O) groups excluding carboxylic acids is 2. The minimum absolute atomic E-state index is 0.0356. The lowest BCUT2D eigenvalue weighted by atomic mass is 9.85. The molecule has 1 fully saturated rings. The number of phosphoric ester groups is 1. The molecule has 60 heavy (non-hydrogen) atoms. The van der Waals surface area contributed by atoms with Crippen LogP contribution in [0.2, 0.25) is 0 Å². The highest BCUT2D eigenvalue weighted by Gasteiger charge is 2.51. The number of esters is 2. The van der Waals surface area contributed by atoms with Gasteiger partial charge in [-0.3, -0.25) is 18.6 Å². The summed E-state index contributed by atoms with van der Waals surface area (Å²) in [5, 5.41) is 50.1. The Hall–Kier alpha value is -2.97. The molecule has 0 amide bonds. The molecular formula is C46H75O13P. The Balaban J connectivity index is 2.54. The first kappa shape index (κ1) is 55.0. The summed E-state index contributed by atoms with van der Waals surface area (Å²) in [6.07, 6.45) is 32.3. The molecule has 342 valence electrons. The van der Waals surface area contributed by atoms with Gasteiger partial charge in [0, 0.05) is 12.8 Å². The summed E-state index contributed by atoms with van der Waals surface area (Å²) in [5.41, 5.74) is 0. The van der Waals surface area contributed by atoms with Crippen LogP contribution in [0, 0.1) is 0 Å². The number of hydrogen-bond donors (Lipinski definition) is 6. The SMILES string of the molecule is CC/C=C/C/C=C/C/C=C/C/C=C/C/C=C/C/C=C/CCC(=O)OC[C@@H](COP(=O)(O)OC1C(O)C(O)C(O)[C@H](O)C1O)OC(=O)CCCCCCC/C=C/CCCCC. The van der Waals surface area contributed by atoms with E-state index in [0.717, 1.165) is 70.6 Å². The molecule has 0 aromatic carbocycles. The number of rotatable bonds is 34. The first-order valence-electron chi connectivity index (χ1n) is 21.9. The van der Waals surface area contributed by atoms with E-state index < -0.39 is 75.7 Å². The van der Waals surface area contributed by atoms with Crippen LogP contribution in [0.25, 0.3) is 0 Å². The number of carbonyl (C=O) groups is 2. The third-order valence-corrected chi connectivity index (χ3v) is 10.5. The lowest BCUT2D eigenvalue weighted by Gasteiger charge is -2.41. The molecule has 6 N–H and O–H groups in total. The summed E-state index contributed by atoms with van der Waals surface area (Å²) in [7, 11) is -5.14. The maximum absolute atomic E-state index is 12.8. The van der Waals surface area contributed by atoms with Crippen LogP contribution >= 0.6 is 7.82 Å². The fourth-order valence-electron chi connectivity index (χ4n) is 5.95. The molecule has 0 aromatic heterocycles. The summed E-state index contributed by atoms with van der Waals surface area (Å²) in [4.78, 5) is 35.6. The van der Waals surface area contributed by atoms with Gasteiger partial charge in [-0.15, -0.1) is 0 Å². The maximum atomic E-state index is 12.8. The van der Waals surface area contributed by atoms with Gasteiger partial charge in [0.25, 0.3) is 0 Å². The van der Waals surface area contributed by atoms with Crippen molar-refractivity contribution in [1.29, 1.82) is 0 Å². The topological polar surface area (TPSA) is 210 Å². The van der Waals surface area contributed by atoms with Crippen molar-refractivity contribution in [2.24, 2.45) is 0 Å². The average molecular weight is 867 g/mol. The molecule has 0 saturated heterocycles. The van der Waals surface area contributed by atoms with Crippen molar-refractivity contribution in [3.63, 3.8) is 0 Å². The predicted octanol–water partition coefficient (Wildman–Crippen LogP) is 8.11. The van der Waals surface area contributed by atoms with E-state index in [2.05, 4.69) is 80.7 Å². The molecule has 0 aromatic rings. The van der Waals surface area contributed by atoms with Crippen molar-refractivity contribution >= 4 is 19.8 Å². The molecule has 6 unspecified atom stereocenters. The number of unbranched alkanes of at least 4 members (excludes halogenated alkanes) is 8. The summed E-state index contributed by atoms with van der Waals surface area (Å²) in [6.45, 7) is 3.06. The third kappa shape index (κ3) is 27.8. The van der Waals surface area contributed by atoms with Gasteiger partial charge in [-0.1, -0.05) is 131 Å². The second kappa shape index (κ2) is 35.6. The van der Waals surface area contributed by atoms with E-state index in [1.165, 1.54) is 19.3 Å². The lowest BCUT2D eigenvalue weighted by Crippen LogP contribution is -2.64. The largest absolute Gasteiger partial charge is 0.472 e. The van der Waals surface area contributed by atoms with Gasteiger partial charge in [0.1, 0.15) is 43.2 Å². The zero-order valence-electron chi connectivity index (χ0n) is 36.0. The van der Waals surface area contributed by atoms with E-state index in [1.807, 2.05) is 18.2 Å². The highest BCUT2D eigenvalue weighted by Crippen LogP contribution is 2.47. The molecule has 13 nitrogen and oxygen atoms in total. The highest BCUT2D eigenvalue weighted by molar-refractivity contribution is 7.47. The molecule has 1 saturated carbocycles. The molecule has 0 aliphatic heterocycles. The van der Waals surface area contributed by atoms with E-state index in [9.17, 15) is 44.6 Å². The van der Waals surface area contributed by atoms with Crippen LogP contribution in [0.15, 0.2) is 85.1 Å². The zero-order chi connectivity index (χ0) is 44.3. The van der Waals surface area contributed by atoms with E-state index in [0.29, 0.717) is 19.3 Å². The fourth-order valence-corrected chi connectivity index (χ4v) is 6.93. The van der Waals surface area contributed by atoms with E-state index >= 15 is 0 Å². The monoisotopic (exact) mass is 866 g/mol. The Morgan fingerprint density at radius 1 is 0.533 bits per heavy atom.